The van der Waals surface area contributed by atoms with Crippen LogP contribution in [0.1, 0.15) is 43.2 Å². The van der Waals surface area contributed by atoms with Crippen molar-refractivity contribution >= 4 is 17.5 Å². The lowest BCUT2D eigenvalue weighted by Gasteiger charge is -2.37. The zero-order valence-electron chi connectivity index (χ0n) is 18.1. The van der Waals surface area contributed by atoms with Crippen molar-refractivity contribution in [1.82, 2.24) is 9.80 Å². The summed E-state index contributed by atoms with van der Waals surface area (Å²) in [4.78, 5) is 29.5. The lowest BCUT2D eigenvalue weighted by molar-refractivity contribution is -0.187. The van der Waals surface area contributed by atoms with Gasteiger partial charge in [-0.15, -0.1) is 0 Å². The summed E-state index contributed by atoms with van der Waals surface area (Å²) in [6.07, 6.45) is 4.13. The van der Waals surface area contributed by atoms with E-state index in [1.807, 2.05) is 36.9 Å². The van der Waals surface area contributed by atoms with Crippen molar-refractivity contribution in [2.75, 3.05) is 44.7 Å². The molecule has 1 spiro atoms. The smallest absolute Gasteiger partial charge is 0.238 e. The third-order valence-electron chi connectivity index (χ3n) is 6.46. The van der Waals surface area contributed by atoms with E-state index in [4.69, 9.17) is 9.47 Å². The number of nitrogens with zero attached hydrogens (tertiary/aromatic N) is 2. The van der Waals surface area contributed by atoms with E-state index in [1.54, 1.807) is 0 Å². The van der Waals surface area contributed by atoms with Crippen LogP contribution in [0.5, 0.6) is 0 Å². The van der Waals surface area contributed by atoms with Gasteiger partial charge in [-0.2, -0.15) is 0 Å². The molecule has 2 heterocycles. The van der Waals surface area contributed by atoms with Crippen molar-refractivity contribution in [3.63, 3.8) is 0 Å². The summed E-state index contributed by atoms with van der Waals surface area (Å²) >= 11 is 0. The molecule has 1 aromatic carbocycles. The van der Waals surface area contributed by atoms with Crippen LogP contribution < -0.4 is 5.32 Å². The third kappa shape index (κ3) is 5.02. The molecule has 0 radical (unpaired) electrons. The van der Waals surface area contributed by atoms with Crippen LogP contribution in [0.15, 0.2) is 18.2 Å². The average molecular weight is 416 g/mol. The van der Waals surface area contributed by atoms with E-state index in [0.717, 1.165) is 42.5 Å². The number of rotatable bonds is 7. The molecule has 1 saturated carbocycles. The minimum absolute atomic E-state index is 0.0119. The Morgan fingerprint density at radius 3 is 2.37 bits per heavy atom. The van der Waals surface area contributed by atoms with Crippen LogP contribution in [0.4, 0.5) is 5.69 Å². The second-order valence-electron chi connectivity index (χ2n) is 8.76. The Hall–Kier alpha value is -1.96. The van der Waals surface area contributed by atoms with Gasteiger partial charge in [-0.25, -0.2) is 0 Å². The highest BCUT2D eigenvalue weighted by Crippen LogP contribution is 2.32. The molecular formula is C23H33N3O4. The van der Waals surface area contributed by atoms with Gasteiger partial charge in [-0.05, 0) is 37.8 Å². The second kappa shape index (κ2) is 9.04. The minimum atomic E-state index is -0.456. The summed E-state index contributed by atoms with van der Waals surface area (Å²) in [6.45, 7) is 7.61. The van der Waals surface area contributed by atoms with E-state index >= 15 is 0 Å². The number of hydrogen-bond donors (Lipinski definition) is 1. The summed E-state index contributed by atoms with van der Waals surface area (Å²) in [7, 11) is 0. The van der Waals surface area contributed by atoms with Crippen molar-refractivity contribution in [2.24, 2.45) is 0 Å². The summed E-state index contributed by atoms with van der Waals surface area (Å²) in [5.41, 5.74) is 3.03. The zero-order chi connectivity index (χ0) is 21.1. The number of para-hydroxylation sites is 1. The number of carbonyl (C=O) groups excluding carboxylic acids is 2. The van der Waals surface area contributed by atoms with Gasteiger partial charge in [0.1, 0.15) is 0 Å². The van der Waals surface area contributed by atoms with Gasteiger partial charge in [-0.3, -0.25) is 14.5 Å². The fourth-order valence-corrected chi connectivity index (χ4v) is 4.49. The first-order chi connectivity index (χ1) is 14.5. The Morgan fingerprint density at radius 1 is 1.13 bits per heavy atom. The van der Waals surface area contributed by atoms with Crippen LogP contribution in [0.2, 0.25) is 0 Å². The van der Waals surface area contributed by atoms with Gasteiger partial charge in [0.15, 0.2) is 5.79 Å². The van der Waals surface area contributed by atoms with E-state index in [0.29, 0.717) is 51.9 Å². The number of anilines is 1. The molecule has 1 aromatic rings. The lowest BCUT2D eigenvalue weighted by atomic mass is 10.0. The minimum Gasteiger partial charge on any atom is -0.347 e. The number of aryl methyl sites for hydroxylation is 2. The van der Waals surface area contributed by atoms with Gasteiger partial charge in [0.2, 0.25) is 11.8 Å². The van der Waals surface area contributed by atoms with Gasteiger partial charge in [0.05, 0.1) is 19.8 Å². The number of amides is 2. The maximum Gasteiger partial charge on any atom is 0.238 e. The summed E-state index contributed by atoms with van der Waals surface area (Å²) in [5, 5.41) is 3.07. The molecule has 0 bridgehead atoms. The highest BCUT2D eigenvalue weighted by atomic mass is 16.7. The van der Waals surface area contributed by atoms with Crippen molar-refractivity contribution in [3.05, 3.63) is 29.3 Å². The monoisotopic (exact) mass is 415 g/mol. The molecule has 7 heteroatoms. The number of nitrogens with one attached hydrogen (secondary N) is 1. The molecule has 0 atom stereocenters. The normalized spacial score (nSPS) is 20.7. The Morgan fingerprint density at radius 2 is 1.77 bits per heavy atom. The average Bonchev–Trinajstić information content (AvgIpc) is 3.49. The van der Waals surface area contributed by atoms with E-state index in [1.165, 1.54) is 0 Å². The topological polar surface area (TPSA) is 71.1 Å². The molecule has 1 aliphatic carbocycles. The molecule has 2 saturated heterocycles. The first-order valence-corrected chi connectivity index (χ1v) is 11.1. The largest absolute Gasteiger partial charge is 0.347 e. The highest BCUT2D eigenvalue weighted by molar-refractivity contribution is 5.93. The quantitative estimate of drug-likeness (QED) is 0.741. The van der Waals surface area contributed by atoms with Crippen molar-refractivity contribution in [2.45, 2.75) is 57.8 Å². The second-order valence-corrected chi connectivity index (χ2v) is 8.76. The van der Waals surface area contributed by atoms with Crippen LogP contribution in [-0.2, 0) is 19.1 Å². The molecular weight excluding hydrogens is 382 g/mol. The lowest BCUT2D eigenvalue weighted by Crippen LogP contribution is -2.48. The van der Waals surface area contributed by atoms with Crippen LogP contribution in [-0.4, -0.2) is 72.8 Å². The van der Waals surface area contributed by atoms with E-state index < -0.39 is 5.79 Å². The predicted molar refractivity (Wildman–Crippen MR) is 114 cm³/mol. The number of ether oxygens (including phenoxy) is 2. The van der Waals surface area contributed by atoms with Gasteiger partial charge in [0, 0.05) is 50.6 Å². The van der Waals surface area contributed by atoms with Crippen molar-refractivity contribution in [3.8, 4) is 0 Å². The first-order valence-electron chi connectivity index (χ1n) is 11.1. The first kappa shape index (κ1) is 21.3. The number of carbonyl (C=O) groups is 2. The molecule has 2 aliphatic heterocycles. The maximum absolute atomic E-state index is 12.7. The Balaban J connectivity index is 1.26. The van der Waals surface area contributed by atoms with Crippen LogP contribution in [0.3, 0.4) is 0 Å². The van der Waals surface area contributed by atoms with Gasteiger partial charge < -0.3 is 19.7 Å². The standard InChI is InChI=1S/C23H33N3O4/c1-17-4-3-5-18(2)22(17)24-20(27)16-26(19-6-7-19)11-8-21(28)25-12-9-23(10-13-25)29-14-15-30-23/h3-5,19H,6-16H2,1-2H3,(H,24,27). The van der Waals surface area contributed by atoms with Gasteiger partial charge >= 0.3 is 0 Å². The molecule has 0 aromatic heterocycles. The Labute approximate surface area is 178 Å². The van der Waals surface area contributed by atoms with Crippen LogP contribution >= 0.6 is 0 Å². The summed E-state index contributed by atoms with van der Waals surface area (Å²) in [5.74, 6) is -0.311. The third-order valence-corrected chi connectivity index (χ3v) is 6.46. The maximum atomic E-state index is 12.7. The molecule has 7 nitrogen and oxygen atoms in total. The number of hydrogen-bond acceptors (Lipinski definition) is 5. The number of likely N-dealkylation sites (tertiary alicyclic amines) is 1. The van der Waals surface area contributed by atoms with E-state index in [-0.39, 0.29) is 11.8 Å². The van der Waals surface area contributed by atoms with Crippen LogP contribution in [0, 0.1) is 13.8 Å². The summed E-state index contributed by atoms with van der Waals surface area (Å²) < 4.78 is 11.5. The number of benzene rings is 1. The SMILES string of the molecule is Cc1cccc(C)c1NC(=O)CN(CCC(=O)N1CCC2(CC1)OCCO2)C1CC1. The molecule has 0 unspecified atom stereocenters. The fourth-order valence-electron chi connectivity index (χ4n) is 4.49. The number of piperidine rings is 1. The molecule has 2 amide bonds. The van der Waals surface area contributed by atoms with Gasteiger partial charge in [0.25, 0.3) is 0 Å². The fraction of sp³-hybridized carbons (Fsp3) is 0.652. The molecule has 1 N–H and O–H groups in total. The Bertz CT molecular complexity index is 756. The molecule has 30 heavy (non-hydrogen) atoms. The molecule has 3 aliphatic rings. The van der Waals surface area contributed by atoms with Crippen molar-refractivity contribution < 1.29 is 19.1 Å². The molecule has 164 valence electrons. The summed E-state index contributed by atoms with van der Waals surface area (Å²) in [6, 6.07) is 6.43. The zero-order valence-corrected chi connectivity index (χ0v) is 18.1. The molecule has 3 fully saturated rings. The van der Waals surface area contributed by atoms with E-state index in [9.17, 15) is 9.59 Å². The van der Waals surface area contributed by atoms with Crippen molar-refractivity contribution in [1.29, 1.82) is 0 Å². The Kier molecular flexibility index (Phi) is 6.41. The van der Waals surface area contributed by atoms with Gasteiger partial charge in [-0.1, -0.05) is 18.2 Å². The molecule has 4 rings (SSSR count). The predicted octanol–water partition coefficient (Wildman–Crippen LogP) is 2.46. The van der Waals surface area contributed by atoms with E-state index in [2.05, 4.69) is 10.2 Å². The van der Waals surface area contributed by atoms with Crippen LogP contribution in [0.25, 0.3) is 0 Å². The highest BCUT2D eigenvalue weighted by Gasteiger charge is 2.40.